The summed E-state index contributed by atoms with van der Waals surface area (Å²) in [7, 11) is 0. The van der Waals surface area contributed by atoms with Crippen LogP contribution in [-0.4, -0.2) is 22.4 Å². The molecule has 2 aromatic carbocycles. The highest BCUT2D eigenvalue weighted by atomic mass is 79.9. The molecule has 0 aromatic heterocycles. The molecule has 0 saturated heterocycles. The lowest BCUT2D eigenvalue weighted by atomic mass is 10.1. The molecule has 21 heavy (non-hydrogen) atoms. The van der Waals surface area contributed by atoms with Crippen molar-refractivity contribution in [2.75, 3.05) is 5.33 Å². The molecule has 0 heterocycles. The van der Waals surface area contributed by atoms with Crippen LogP contribution in [0.2, 0.25) is 5.02 Å². The SMILES string of the molecule is O=C(NC(CBr)Cc1ccccc1)c1cc(O)ccc1Cl. The number of benzene rings is 2. The van der Waals surface area contributed by atoms with Crippen molar-refractivity contribution in [2.45, 2.75) is 12.5 Å². The number of amides is 1. The van der Waals surface area contributed by atoms with E-state index >= 15 is 0 Å². The minimum Gasteiger partial charge on any atom is -0.508 e. The van der Waals surface area contributed by atoms with Gasteiger partial charge in [-0.1, -0.05) is 57.9 Å². The standard InChI is InChI=1S/C16H15BrClNO2/c17-10-12(8-11-4-2-1-3-5-11)19-16(21)14-9-13(20)6-7-15(14)18/h1-7,9,12,20H,8,10H2,(H,19,21). The Balaban J connectivity index is 2.07. The van der Waals surface area contributed by atoms with Crippen molar-refractivity contribution in [3.05, 3.63) is 64.7 Å². The molecule has 2 N–H and O–H groups in total. The van der Waals surface area contributed by atoms with Crippen LogP contribution in [0.4, 0.5) is 0 Å². The van der Waals surface area contributed by atoms with Gasteiger partial charge < -0.3 is 10.4 Å². The van der Waals surface area contributed by atoms with Gasteiger partial charge in [0.1, 0.15) is 5.75 Å². The molecule has 3 nitrogen and oxygen atoms in total. The number of halogens is 2. The minimum atomic E-state index is -0.295. The summed E-state index contributed by atoms with van der Waals surface area (Å²) in [5, 5.41) is 13.3. The Bertz CT molecular complexity index is 619. The molecule has 0 aliphatic rings. The summed E-state index contributed by atoms with van der Waals surface area (Å²) in [4.78, 5) is 12.2. The Morgan fingerprint density at radius 3 is 2.62 bits per heavy atom. The van der Waals surface area contributed by atoms with E-state index in [4.69, 9.17) is 11.6 Å². The molecular weight excluding hydrogens is 354 g/mol. The molecular formula is C16H15BrClNO2. The van der Waals surface area contributed by atoms with Gasteiger partial charge in [0.15, 0.2) is 0 Å². The van der Waals surface area contributed by atoms with Gasteiger partial charge in [-0.05, 0) is 30.2 Å². The maximum absolute atomic E-state index is 12.2. The molecule has 2 aromatic rings. The van der Waals surface area contributed by atoms with E-state index in [2.05, 4.69) is 21.2 Å². The smallest absolute Gasteiger partial charge is 0.253 e. The lowest BCUT2D eigenvalue weighted by Gasteiger charge is -2.17. The maximum atomic E-state index is 12.2. The van der Waals surface area contributed by atoms with Gasteiger partial charge >= 0.3 is 0 Å². The molecule has 1 atom stereocenters. The first-order valence-corrected chi connectivity index (χ1v) is 7.99. The number of nitrogens with one attached hydrogen (secondary N) is 1. The Morgan fingerprint density at radius 2 is 1.95 bits per heavy atom. The van der Waals surface area contributed by atoms with Gasteiger partial charge in [0.05, 0.1) is 10.6 Å². The normalized spacial score (nSPS) is 11.9. The zero-order valence-electron chi connectivity index (χ0n) is 11.2. The van der Waals surface area contributed by atoms with E-state index in [1.54, 1.807) is 0 Å². The summed E-state index contributed by atoms with van der Waals surface area (Å²) in [6.45, 7) is 0. The van der Waals surface area contributed by atoms with Crippen LogP contribution >= 0.6 is 27.5 Å². The number of rotatable bonds is 5. The lowest BCUT2D eigenvalue weighted by molar-refractivity contribution is 0.0941. The van der Waals surface area contributed by atoms with Crippen molar-refractivity contribution in [1.29, 1.82) is 0 Å². The van der Waals surface area contributed by atoms with Crippen molar-refractivity contribution < 1.29 is 9.90 Å². The highest BCUT2D eigenvalue weighted by Gasteiger charge is 2.16. The predicted molar refractivity (Wildman–Crippen MR) is 88.3 cm³/mol. The maximum Gasteiger partial charge on any atom is 0.253 e. The third kappa shape index (κ3) is 4.48. The highest BCUT2D eigenvalue weighted by molar-refractivity contribution is 9.09. The van der Waals surface area contributed by atoms with Gasteiger partial charge in [-0.3, -0.25) is 4.79 Å². The molecule has 0 saturated carbocycles. The first kappa shape index (κ1) is 15.9. The number of hydrogen-bond acceptors (Lipinski definition) is 2. The lowest BCUT2D eigenvalue weighted by Crippen LogP contribution is -2.37. The second-order valence-corrected chi connectivity index (χ2v) is 5.73. The van der Waals surface area contributed by atoms with Crippen LogP contribution in [-0.2, 0) is 6.42 Å². The fourth-order valence-corrected chi connectivity index (χ4v) is 2.59. The van der Waals surface area contributed by atoms with E-state index in [-0.39, 0.29) is 23.3 Å². The van der Waals surface area contributed by atoms with Gasteiger partial charge in [-0.2, -0.15) is 0 Å². The number of aromatic hydroxyl groups is 1. The summed E-state index contributed by atoms with van der Waals surface area (Å²) >= 11 is 9.40. The van der Waals surface area contributed by atoms with E-state index < -0.39 is 0 Å². The summed E-state index contributed by atoms with van der Waals surface area (Å²) in [6, 6.07) is 14.2. The molecule has 1 unspecified atom stereocenters. The molecule has 0 radical (unpaired) electrons. The van der Waals surface area contributed by atoms with E-state index in [1.807, 2.05) is 30.3 Å². The van der Waals surface area contributed by atoms with Gasteiger partial charge in [-0.15, -0.1) is 0 Å². The first-order valence-electron chi connectivity index (χ1n) is 6.49. The van der Waals surface area contributed by atoms with E-state index in [0.717, 1.165) is 5.56 Å². The molecule has 0 aliphatic carbocycles. The number of carbonyl (C=O) groups excluding carboxylic acids is 1. The Labute approximate surface area is 137 Å². The van der Waals surface area contributed by atoms with Gasteiger partial charge in [0.25, 0.3) is 5.91 Å². The fourth-order valence-electron chi connectivity index (χ4n) is 1.99. The van der Waals surface area contributed by atoms with Crippen molar-refractivity contribution in [3.63, 3.8) is 0 Å². The van der Waals surface area contributed by atoms with Crippen LogP contribution in [0.1, 0.15) is 15.9 Å². The van der Waals surface area contributed by atoms with E-state index in [9.17, 15) is 9.90 Å². The minimum absolute atomic E-state index is 0.0167. The molecule has 5 heteroatoms. The topological polar surface area (TPSA) is 49.3 Å². The molecule has 2 rings (SSSR count). The van der Waals surface area contributed by atoms with Crippen molar-refractivity contribution >= 4 is 33.4 Å². The molecule has 0 aliphatic heterocycles. The zero-order chi connectivity index (χ0) is 15.2. The average molecular weight is 369 g/mol. The summed E-state index contributed by atoms with van der Waals surface area (Å²) < 4.78 is 0. The number of hydrogen-bond donors (Lipinski definition) is 2. The number of alkyl halides is 1. The number of carbonyl (C=O) groups is 1. The fraction of sp³-hybridized carbons (Fsp3) is 0.188. The van der Waals surface area contributed by atoms with Crippen LogP contribution in [0.5, 0.6) is 5.75 Å². The van der Waals surface area contributed by atoms with Crippen LogP contribution in [0.25, 0.3) is 0 Å². The largest absolute Gasteiger partial charge is 0.508 e. The summed E-state index contributed by atoms with van der Waals surface area (Å²) in [6.07, 6.45) is 0.717. The summed E-state index contributed by atoms with van der Waals surface area (Å²) in [5.41, 5.74) is 1.42. The van der Waals surface area contributed by atoms with E-state index in [1.165, 1.54) is 18.2 Å². The van der Waals surface area contributed by atoms with E-state index in [0.29, 0.717) is 16.8 Å². The van der Waals surface area contributed by atoms with Gasteiger partial charge in [0.2, 0.25) is 0 Å². The van der Waals surface area contributed by atoms with Crippen LogP contribution in [0.15, 0.2) is 48.5 Å². The third-order valence-corrected chi connectivity index (χ3v) is 4.15. The number of phenols is 1. The predicted octanol–water partition coefficient (Wildman–Crippen LogP) is 3.78. The highest BCUT2D eigenvalue weighted by Crippen LogP contribution is 2.21. The third-order valence-electron chi connectivity index (χ3n) is 3.04. The number of phenolic OH excluding ortho intramolecular Hbond substituents is 1. The van der Waals surface area contributed by atoms with Crippen molar-refractivity contribution in [3.8, 4) is 5.75 Å². The van der Waals surface area contributed by atoms with Crippen LogP contribution in [0, 0.1) is 0 Å². The van der Waals surface area contributed by atoms with Crippen molar-refractivity contribution in [2.24, 2.45) is 0 Å². The van der Waals surface area contributed by atoms with Crippen LogP contribution in [0.3, 0.4) is 0 Å². The molecule has 0 spiro atoms. The quantitative estimate of drug-likeness (QED) is 0.789. The monoisotopic (exact) mass is 367 g/mol. The molecule has 0 bridgehead atoms. The van der Waals surface area contributed by atoms with Gasteiger partial charge in [0, 0.05) is 11.4 Å². The average Bonchev–Trinajstić information content (AvgIpc) is 2.50. The Morgan fingerprint density at radius 1 is 1.24 bits per heavy atom. The van der Waals surface area contributed by atoms with Crippen molar-refractivity contribution in [1.82, 2.24) is 5.32 Å². The molecule has 110 valence electrons. The second kappa shape index (κ2) is 7.48. The Hall–Kier alpha value is -1.52. The van der Waals surface area contributed by atoms with Gasteiger partial charge in [-0.25, -0.2) is 0 Å². The van der Waals surface area contributed by atoms with Crippen LogP contribution < -0.4 is 5.32 Å². The Kier molecular flexibility index (Phi) is 5.65. The first-order chi connectivity index (χ1) is 10.1. The molecule has 1 amide bonds. The molecule has 0 fully saturated rings. The second-order valence-electron chi connectivity index (χ2n) is 4.68. The summed E-state index contributed by atoms with van der Waals surface area (Å²) in [5.74, 6) is -0.278. The zero-order valence-corrected chi connectivity index (χ0v) is 13.6.